The minimum absolute atomic E-state index is 0.0157. The molecule has 0 aromatic heterocycles. The van der Waals surface area contributed by atoms with Crippen LogP contribution in [0.1, 0.15) is 29.3 Å². The van der Waals surface area contributed by atoms with Gasteiger partial charge in [0.15, 0.2) is 0 Å². The maximum Gasteiger partial charge on any atom is 0.460 e. The largest absolute Gasteiger partial charge is 0.460 e. The Kier molecular flexibility index (Phi) is 14.4. The summed E-state index contributed by atoms with van der Waals surface area (Å²) in [6.07, 6.45) is -10.9. The standard InChI is InChI=1S/C28H13F33N2O2/c1-8-4-3-5-10(11(8)62-7-64)12(65)63-9(2)6-13(29,30)14(31,32)15(33,34)16(35,36)17(37,38)18(39,40)19(41,42)20(43,44)21(45,46)22(47,48)23(49,50)24(51,52)25(53,54)26(55,56)27(57,58)28(59,60)61/h3-5,9H,6H2,1-2H3,(H,63,65). The molecule has 378 valence electrons. The number of carbonyl (C=O) groups excluding carboxylic acids is 2. The number of nitrogens with one attached hydrogen (secondary N) is 1. The maximum absolute atomic E-state index is 14.5. The molecule has 65 heavy (non-hydrogen) atoms. The van der Waals surface area contributed by atoms with Gasteiger partial charge in [0.1, 0.15) is 0 Å². The lowest BCUT2D eigenvalue weighted by Crippen LogP contribution is -2.80. The average Bonchev–Trinajstić information content (AvgIpc) is 3.10. The van der Waals surface area contributed by atoms with Crippen molar-refractivity contribution in [3.63, 3.8) is 0 Å². The van der Waals surface area contributed by atoms with E-state index >= 15 is 0 Å². The summed E-state index contributed by atoms with van der Waals surface area (Å²) in [5.74, 6) is -146. The second-order valence-corrected chi connectivity index (χ2v) is 13.0. The molecule has 1 aromatic rings. The molecule has 0 saturated heterocycles. The number of aryl methyl sites for hydroxylation is 1. The van der Waals surface area contributed by atoms with Crippen molar-refractivity contribution >= 4 is 17.7 Å². The molecule has 1 rings (SSSR count). The molecule has 0 radical (unpaired) electrons. The Morgan fingerprint density at radius 2 is 0.738 bits per heavy atom. The number of isocyanates is 1. The number of rotatable bonds is 19. The van der Waals surface area contributed by atoms with Gasteiger partial charge in [0.2, 0.25) is 6.08 Å². The molecule has 1 unspecified atom stereocenters. The summed E-state index contributed by atoms with van der Waals surface area (Å²) in [6, 6.07) is -0.322. The number of halogens is 33. The molecule has 0 fully saturated rings. The van der Waals surface area contributed by atoms with E-state index in [1.165, 1.54) is 5.32 Å². The van der Waals surface area contributed by atoms with Crippen LogP contribution in [-0.2, 0) is 4.79 Å². The Bertz CT molecular complexity index is 1980. The highest BCUT2D eigenvalue weighted by molar-refractivity contribution is 6.00. The molecular weight excluding hydrogens is 1020 g/mol. The molecule has 4 nitrogen and oxygen atoms in total. The summed E-state index contributed by atoms with van der Waals surface area (Å²) in [6.45, 7) is 1.07. The summed E-state index contributed by atoms with van der Waals surface area (Å²) < 4.78 is 456. The molecule has 0 aliphatic rings. The number of carbonyl (C=O) groups is 1. The molecular formula is C28H13F33N2O2. The van der Waals surface area contributed by atoms with Gasteiger partial charge in [-0.25, -0.2) is 4.79 Å². The monoisotopic (exact) mass is 1040 g/mol. The lowest BCUT2D eigenvalue weighted by atomic mass is 9.82. The van der Waals surface area contributed by atoms with Crippen LogP contribution in [0.15, 0.2) is 23.2 Å². The third-order valence-corrected chi connectivity index (χ3v) is 8.52. The molecule has 0 saturated carbocycles. The van der Waals surface area contributed by atoms with Crippen molar-refractivity contribution in [2.75, 3.05) is 0 Å². The van der Waals surface area contributed by atoms with Crippen LogP contribution < -0.4 is 5.32 Å². The summed E-state index contributed by atoms with van der Waals surface area (Å²) in [4.78, 5) is 25.9. The van der Waals surface area contributed by atoms with E-state index in [1.807, 2.05) is 0 Å². The summed E-state index contributed by atoms with van der Waals surface area (Å²) >= 11 is 0. The summed E-state index contributed by atoms with van der Waals surface area (Å²) in [5.41, 5.74) is -1.79. The van der Waals surface area contributed by atoms with Crippen LogP contribution in [-0.4, -0.2) is 113 Å². The van der Waals surface area contributed by atoms with Gasteiger partial charge in [-0.15, -0.1) is 0 Å². The van der Waals surface area contributed by atoms with E-state index in [9.17, 15) is 154 Å². The Balaban J connectivity index is 3.90. The van der Waals surface area contributed by atoms with E-state index in [2.05, 4.69) is 4.99 Å². The van der Waals surface area contributed by atoms with Crippen LogP contribution in [0.25, 0.3) is 0 Å². The van der Waals surface area contributed by atoms with Crippen molar-refractivity contribution in [2.45, 2.75) is 121 Å². The number of alkyl halides is 33. The number of benzene rings is 1. The number of aliphatic imine (C=N–C) groups is 1. The van der Waals surface area contributed by atoms with Gasteiger partial charge in [-0.1, -0.05) is 12.1 Å². The summed E-state index contributed by atoms with van der Waals surface area (Å²) in [5, 5.41) is 1.19. The Morgan fingerprint density at radius 1 is 0.477 bits per heavy atom. The third-order valence-electron chi connectivity index (χ3n) is 8.52. The molecule has 0 spiro atoms. The highest BCUT2D eigenvalue weighted by Gasteiger charge is 3.01. The number of nitrogens with zero attached hydrogens (tertiary/aromatic N) is 1. The predicted molar refractivity (Wildman–Crippen MR) is 141 cm³/mol. The van der Waals surface area contributed by atoms with E-state index < -0.39 is 125 Å². The zero-order valence-corrected chi connectivity index (χ0v) is 29.8. The van der Waals surface area contributed by atoms with Crippen molar-refractivity contribution in [3.8, 4) is 0 Å². The zero-order chi connectivity index (χ0) is 52.8. The molecule has 0 aliphatic heterocycles. The lowest BCUT2D eigenvalue weighted by Gasteiger charge is -2.47. The van der Waals surface area contributed by atoms with Crippen LogP contribution in [0.5, 0.6) is 0 Å². The fourth-order valence-electron chi connectivity index (χ4n) is 4.68. The first kappa shape index (κ1) is 58.8. The van der Waals surface area contributed by atoms with Gasteiger partial charge in [0.25, 0.3) is 5.91 Å². The molecule has 1 aromatic carbocycles. The lowest BCUT2D eigenvalue weighted by molar-refractivity contribution is -0.491. The van der Waals surface area contributed by atoms with Gasteiger partial charge in [0, 0.05) is 12.5 Å². The first-order valence-electron chi connectivity index (χ1n) is 15.2. The van der Waals surface area contributed by atoms with Gasteiger partial charge in [-0.2, -0.15) is 150 Å². The van der Waals surface area contributed by atoms with E-state index in [0.29, 0.717) is 6.07 Å². The Labute approximate surface area is 334 Å². The van der Waals surface area contributed by atoms with Crippen molar-refractivity contribution in [1.29, 1.82) is 0 Å². The quantitative estimate of drug-likeness (QED) is 0.0853. The number of hydrogen-bond acceptors (Lipinski definition) is 3. The smallest absolute Gasteiger partial charge is 0.349 e. The predicted octanol–water partition coefficient (Wildman–Crippen LogP) is 12.6. The number of amides is 1. The van der Waals surface area contributed by atoms with Crippen molar-refractivity contribution in [1.82, 2.24) is 5.32 Å². The SMILES string of the molecule is Cc1cccc(C(=O)NC(C)CC(F)(F)C(F)(F)C(F)(F)C(F)(F)C(F)(F)C(F)(F)C(F)(F)C(F)(F)C(F)(F)C(F)(F)C(F)(F)C(F)(F)C(F)(F)C(F)(F)C(F)(F)C(F)(F)F)c1N=C=O. The van der Waals surface area contributed by atoms with Crippen LogP contribution in [0.2, 0.25) is 0 Å². The van der Waals surface area contributed by atoms with Crippen LogP contribution in [0.4, 0.5) is 151 Å². The molecule has 0 aliphatic carbocycles. The molecule has 1 N–H and O–H groups in total. The maximum atomic E-state index is 14.5. The Morgan fingerprint density at radius 3 is 1.00 bits per heavy atom. The van der Waals surface area contributed by atoms with Crippen LogP contribution >= 0.6 is 0 Å². The minimum Gasteiger partial charge on any atom is -0.349 e. The van der Waals surface area contributed by atoms with Crippen molar-refractivity contribution in [3.05, 3.63) is 29.3 Å². The number of hydrogen-bond donors (Lipinski definition) is 1. The molecule has 1 atom stereocenters. The highest BCUT2D eigenvalue weighted by Crippen LogP contribution is 2.70. The van der Waals surface area contributed by atoms with Gasteiger partial charge in [-0.3, -0.25) is 4.79 Å². The summed E-state index contributed by atoms with van der Waals surface area (Å²) in [7, 11) is 0. The first-order valence-corrected chi connectivity index (χ1v) is 15.2. The Hall–Kier alpha value is -4.24. The van der Waals surface area contributed by atoms with E-state index in [1.54, 1.807) is 0 Å². The van der Waals surface area contributed by atoms with Gasteiger partial charge < -0.3 is 5.32 Å². The van der Waals surface area contributed by atoms with E-state index in [-0.39, 0.29) is 12.5 Å². The second kappa shape index (κ2) is 15.9. The van der Waals surface area contributed by atoms with Gasteiger partial charge >= 0.3 is 95.0 Å². The van der Waals surface area contributed by atoms with Crippen molar-refractivity contribution < 1.29 is 154 Å². The fraction of sp³-hybridized carbons (Fsp3) is 0.714. The normalized spacial score (nSPS) is 16.3. The fourth-order valence-corrected chi connectivity index (χ4v) is 4.68. The third kappa shape index (κ3) is 7.71. The topological polar surface area (TPSA) is 58.5 Å². The molecule has 37 heteroatoms. The molecule has 0 heterocycles. The second-order valence-electron chi connectivity index (χ2n) is 13.0. The molecule has 0 bridgehead atoms. The number of para-hydroxylation sites is 1. The average molecular weight is 1040 g/mol. The highest BCUT2D eigenvalue weighted by atomic mass is 19.4. The zero-order valence-electron chi connectivity index (χ0n) is 29.8. The first-order chi connectivity index (χ1) is 28.0. The van der Waals surface area contributed by atoms with E-state index in [0.717, 1.165) is 25.1 Å². The molecule has 1 amide bonds. The van der Waals surface area contributed by atoms with Crippen molar-refractivity contribution in [2.24, 2.45) is 4.99 Å². The van der Waals surface area contributed by atoms with Gasteiger partial charge in [0.05, 0.1) is 11.3 Å². The van der Waals surface area contributed by atoms with Crippen LogP contribution in [0.3, 0.4) is 0 Å². The minimum atomic E-state index is -10.3. The van der Waals surface area contributed by atoms with Gasteiger partial charge in [-0.05, 0) is 25.5 Å². The van der Waals surface area contributed by atoms with E-state index in [4.69, 9.17) is 0 Å². The van der Waals surface area contributed by atoms with Crippen LogP contribution in [0, 0.1) is 6.92 Å².